The summed E-state index contributed by atoms with van der Waals surface area (Å²) < 4.78 is 25.9. The van der Waals surface area contributed by atoms with Crippen LogP contribution in [0.1, 0.15) is 0 Å². The average molecular weight is 306 g/mol. The van der Waals surface area contributed by atoms with Crippen molar-refractivity contribution < 1.29 is 13.3 Å². The fourth-order valence-electron chi connectivity index (χ4n) is 1.22. The van der Waals surface area contributed by atoms with E-state index in [1.165, 1.54) is 12.1 Å². The van der Waals surface area contributed by atoms with Gasteiger partial charge in [-0.05, 0) is 12.1 Å². The van der Waals surface area contributed by atoms with Crippen LogP contribution in [0, 0.1) is 10.1 Å². The molecule has 3 N–H and O–H groups in total. The molecule has 0 saturated heterocycles. The number of rotatable bonds is 6. The molecule has 19 heavy (non-hydrogen) atoms. The second-order valence-electron chi connectivity index (χ2n) is 3.43. The molecular formula is C10H12ClN3O4S. The van der Waals surface area contributed by atoms with Crippen LogP contribution in [0.25, 0.3) is 0 Å². The van der Waals surface area contributed by atoms with Crippen molar-refractivity contribution in [2.45, 2.75) is 4.90 Å². The highest BCUT2D eigenvalue weighted by molar-refractivity contribution is 7.89. The third kappa shape index (κ3) is 4.28. The van der Waals surface area contributed by atoms with Crippen LogP contribution in [0.2, 0.25) is 5.02 Å². The molecule has 0 aromatic heterocycles. The van der Waals surface area contributed by atoms with Crippen molar-refractivity contribution in [2.24, 2.45) is 5.73 Å². The largest absolute Gasteiger partial charge is 0.327 e. The molecule has 0 radical (unpaired) electrons. The Balaban J connectivity index is 2.99. The van der Waals surface area contributed by atoms with Gasteiger partial charge in [0.1, 0.15) is 5.02 Å². The van der Waals surface area contributed by atoms with E-state index in [1.54, 1.807) is 12.2 Å². The van der Waals surface area contributed by atoms with Crippen LogP contribution in [0.4, 0.5) is 5.69 Å². The predicted molar refractivity (Wildman–Crippen MR) is 71.5 cm³/mol. The quantitative estimate of drug-likeness (QED) is 0.463. The lowest BCUT2D eigenvalue weighted by molar-refractivity contribution is -0.384. The summed E-state index contributed by atoms with van der Waals surface area (Å²) in [5.41, 5.74) is 4.75. The van der Waals surface area contributed by atoms with Gasteiger partial charge in [-0.3, -0.25) is 10.1 Å². The Bertz CT molecular complexity index is 601. The zero-order valence-corrected chi connectivity index (χ0v) is 11.3. The molecule has 0 amide bonds. The first-order chi connectivity index (χ1) is 8.88. The number of nitrogens with two attached hydrogens (primary N) is 1. The Morgan fingerprint density at radius 2 is 2.11 bits per heavy atom. The maximum atomic E-state index is 11.8. The van der Waals surface area contributed by atoms with E-state index < -0.39 is 20.6 Å². The first-order valence-corrected chi connectivity index (χ1v) is 7.03. The molecule has 104 valence electrons. The van der Waals surface area contributed by atoms with Crippen molar-refractivity contribution in [3.8, 4) is 0 Å². The molecule has 1 aromatic rings. The summed E-state index contributed by atoms with van der Waals surface area (Å²) >= 11 is 5.60. The summed E-state index contributed by atoms with van der Waals surface area (Å²) in [5.74, 6) is 0. The standard InChI is InChI=1S/C10H12ClN3O4S/c11-9-4-3-8(7-10(9)14(15)16)19(17,18)13-6-2-1-5-12/h1-4,7,13H,5-6,12H2/b2-1+. The van der Waals surface area contributed by atoms with Gasteiger partial charge in [0, 0.05) is 19.2 Å². The van der Waals surface area contributed by atoms with Crippen molar-refractivity contribution in [3.05, 3.63) is 45.5 Å². The third-order valence-electron chi connectivity index (χ3n) is 2.12. The van der Waals surface area contributed by atoms with Crippen molar-refractivity contribution in [3.63, 3.8) is 0 Å². The highest BCUT2D eigenvalue weighted by atomic mass is 35.5. The van der Waals surface area contributed by atoms with E-state index >= 15 is 0 Å². The van der Waals surface area contributed by atoms with Gasteiger partial charge in [0.25, 0.3) is 5.69 Å². The molecule has 0 aliphatic carbocycles. The first-order valence-electron chi connectivity index (χ1n) is 5.17. The van der Waals surface area contributed by atoms with Gasteiger partial charge in [-0.25, -0.2) is 13.1 Å². The third-order valence-corrected chi connectivity index (χ3v) is 3.86. The number of halogens is 1. The summed E-state index contributed by atoms with van der Waals surface area (Å²) in [6, 6.07) is 3.28. The number of nitro benzene ring substituents is 1. The molecule has 0 spiro atoms. The molecule has 9 heteroatoms. The highest BCUT2D eigenvalue weighted by Crippen LogP contribution is 2.26. The van der Waals surface area contributed by atoms with Gasteiger partial charge in [-0.2, -0.15) is 0 Å². The molecule has 0 atom stereocenters. The maximum Gasteiger partial charge on any atom is 0.289 e. The molecule has 1 aromatic carbocycles. The number of nitro groups is 1. The summed E-state index contributed by atoms with van der Waals surface area (Å²) in [4.78, 5) is 9.72. The number of hydrogen-bond acceptors (Lipinski definition) is 5. The molecule has 0 saturated carbocycles. The Hall–Kier alpha value is -1.48. The minimum Gasteiger partial charge on any atom is -0.327 e. The number of sulfonamides is 1. The van der Waals surface area contributed by atoms with E-state index in [9.17, 15) is 18.5 Å². The van der Waals surface area contributed by atoms with Gasteiger partial charge in [0.15, 0.2) is 0 Å². The van der Waals surface area contributed by atoms with Crippen molar-refractivity contribution in [1.29, 1.82) is 0 Å². The topological polar surface area (TPSA) is 115 Å². The summed E-state index contributed by atoms with van der Waals surface area (Å²) in [7, 11) is -3.82. The molecule has 7 nitrogen and oxygen atoms in total. The van der Waals surface area contributed by atoms with Crippen molar-refractivity contribution in [2.75, 3.05) is 13.1 Å². The van der Waals surface area contributed by atoms with Crippen LogP contribution >= 0.6 is 11.6 Å². The van der Waals surface area contributed by atoms with Crippen LogP contribution in [-0.2, 0) is 10.0 Å². The maximum absolute atomic E-state index is 11.8. The lowest BCUT2D eigenvalue weighted by atomic mass is 10.3. The van der Waals surface area contributed by atoms with E-state index in [0.717, 1.165) is 6.07 Å². The van der Waals surface area contributed by atoms with Gasteiger partial charge in [-0.15, -0.1) is 0 Å². The van der Waals surface area contributed by atoms with Crippen molar-refractivity contribution >= 4 is 27.3 Å². The minimum atomic E-state index is -3.82. The predicted octanol–water partition coefficient (Wildman–Crippen LogP) is 1.04. The minimum absolute atomic E-state index is 0.0515. The molecule has 0 unspecified atom stereocenters. The van der Waals surface area contributed by atoms with E-state index in [4.69, 9.17) is 17.3 Å². The van der Waals surface area contributed by atoms with Gasteiger partial charge in [0.2, 0.25) is 10.0 Å². The van der Waals surface area contributed by atoms with E-state index in [-0.39, 0.29) is 16.5 Å². The first kappa shape index (κ1) is 15.6. The molecular weight excluding hydrogens is 294 g/mol. The van der Waals surface area contributed by atoms with Crippen LogP contribution in [-0.4, -0.2) is 26.4 Å². The number of nitrogens with zero attached hydrogens (tertiary/aromatic N) is 1. The smallest absolute Gasteiger partial charge is 0.289 e. The Labute approximate surface area is 115 Å². The monoisotopic (exact) mass is 305 g/mol. The van der Waals surface area contributed by atoms with E-state index in [0.29, 0.717) is 6.54 Å². The van der Waals surface area contributed by atoms with Gasteiger partial charge in [-0.1, -0.05) is 23.8 Å². The Morgan fingerprint density at radius 1 is 1.42 bits per heavy atom. The summed E-state index contributed by atoms with van der Waals surface area (Å²) in [5, 5.41) is 10.6. The van der Waals surface area contributed by atoms with Crippen LogP contribution < -0.4 is 10.5 Å². The lowest BCUT2D eigenvalue weighted by Crippen LogP contribution is -2.24. The summed E-state index contributed by atoms with van der Waals surface area (Å²) in [6.07, 6.45) is 3.13. The fourth-order valence-corrected chi connectivity index (χ4v) is 2.40. The highest BCUT2D eigenvalue weighted by Gasteiger charge is 2.19. The van der Waals surface area contributed by atoms with Crippen LogP contribution in [0.5, 0.6) is 0 Å². The van der Waals surface area contributed by atoms with Crippen LogP contribution in [0.15, 0.2) is 35.2 Å². The Kier molecular flexibility index (Phi) is 5.43. The SMILES string of the molecule is NC/C=C/CNS(=O)(=O)c1ccc(Cl)c([N+](=O)[O-])c1. The number of hydrogen-bond donors (Lipinski definition) is 2. The molecule has 0 heterocycles. The van der Waals surface area contributed by atoms with E-state index in [1.807, 2.05) is 0 Å². The second kappa shape index (κ2) is 6.62. The van der Waals surface area contributed by atoms with Gasteiger partial charge >= 0.3 is 0 Å². The van der Waals surface area contributed by atoms with Gasteiger partial charge < -0.3 is 5.73 Å². The summed E-state index contributed by atoms with van der Waals surface area (Å²) in [6.45, 7) is 0.351. The molecule has 0 aliphatic rings. The zero-order chi connectivity index (χ0) is 14.5. The van der Waals surface area contributed by atoms with Gasteiger partial charge in [0.05, 0.1) is 9.82 Å². The van der Waals surface area contributed by atoms with Crippen molar-refractivity contribution in [1.82, 2.24) is 4.72 Å². The van der Waals surface area contributed by atoms with E-state index in [2.05, 4.69) is 4.72 Å². The zero-order valence-electron chi connectivity index (χ0n) is 9.74. The number of nitrogens with one attached hydrogen (secondary N) is 1. The number of benzene rings is 1. The fraction of sp³-hybridized carbons (Fsp3) is 0.200. The second-order valence-corrected chi connectivity index (χ2v) is 5.60. The molecule has 0 fully saturated rings. The van der Waals surface area contributed by atoms with Crippen LogP contribution in [0.3, 0.4) is 0 Å². The molecule has 0 bridgehead atoms. The molecule has 1 rings (SSSR count). The Morgan fingerprint density at radius 3 is 2.68 bits per heavy atom. The normalized spacial score (nSPS) is 11.9. The molecule has 0 aliphatic heterocycles. The average Bonchev–Trinajstić information content (AvgIpc) is 2.34. The lowest BCUT2D eigenvalue weighted by Gasteiger charge is -2.05.